The highest BCUT2D eigenvalue weighted by Gasteiger charge is 2.06. The second kappa shape index (κ2) is 8.97. The molecule has 0 unspecified atom stereocenters. The maximum atomic E-state index is 11.3. The lowest BCUT2D eigenvalue weighted by molar-refractivity contribution is -0.122. The van der Waals surface area contributed by atoms with Gasteiger partial charge in [-0.15, -0.1) is 0 Å². The first-order valence-electron chi connectivity index (χ1n) is 6.91. The van der Waals surface area contributed by atoms with Crippen molar-refractivity contribution in [3.05, 3.63) is 28.2 Å². The number of nitrogens with one attached hydrogen (secondary N) is 2. The van der Waals surface area contributed by atoms with Crippen LogP contribution in [0.1, 0.15) is 26.3 Å². The molecule has 0 aliphatic rings. The van der Waals surface area contributed by atoms with Gasteiger partial charge in [-0.25, -0.2) is 0 Å². The van der Waals surface area contributed by atoms with Crippen molar-refractivity contribution in [2.24, 2.45) is 5.92 Å². The van der Waals surface area contributed by atoms with Gasteiger partial charge in [0.05, 0.1) is 4.47 Å². The normalized spacial score (nSPS) is 10.7. The SMILES string of the molecule is CCNC(=O)COc1ccc(CNCC(C)C)cc1Br. The number of rotatable bonds is 8. The van der Waals surface area contributed by atoms with E-state index in [1.165, 1.54) is 5.56 Å². The number of hydrogen-bond acceptors (Lipinski definition) is 3. The van der Waals surface area contributed by atoms with E-state index in [1.54, 1.807) is 0 Å². The molecule has 0 bridgehead atoms. The first-order chi connectivity index (χ1) is 9.52. The molecule has 0 fully saturated rings. The molecule has 1 aromatic carbocycles. The van der Waals surface area contributed by atoms with Crippen LogP contribution in [0.2, 0.25) is 0 Å². The maximum Gasteiger partial charge on any atom is 0.257 e. The lowest BCUT2D eigenvalue weighted by Crippen LogP contribution is -2.28. The van der Waals surface area contributed by atoms with Gasteiger partial charge in [-0.05, 0) is 53.0 Å². The summed E-state index contributed by atoms with van der Waals surface area (Å²) in [5.74, 6) is 1.21. The average Bonchev–Trinajstić information content (AvgIpc) is 2.37. The van der Waals surface area contributed by atoms with Crippen molar-refractivity contribution in [2.45, 2.75) is 27.3 Å². The molecule has 1 amide bonds. The van der Waals surface area contributed by atoms with Gasteiger partial charge in [-0.2, -0.15) is 0 Å². The summed E-state index contributed by atoms with van der Waals surface area (Å²) in [6.07, 6.45) is 0. The van der Waals surface area contributed by atoms with Crippen molar-refractivity contribution in [1.29, 1.82) is 0 Å². The van der Waals surface area contributed by atoms with Gasteiger partial charge in [0.15, 0.2) is 6.61 Å². The summed E-state index contributed by atoms with van der Waals surface area (Å²) in [6.45, 7) is 8.72. The molecule has 0 atom stereocenters. The lowest BCUT2D eigenvalue weighted by atomic mass is 10.2. The van der Waals surface area contributed by atoms with E-state index < -0.39 is 0 Å². The predicted octanol–water partition coefficient (Wildman–Crippen LogP) is 2.71. The minimum atomic E-state index is -0.109. The van der Waals surface area contributed by atoms with E-state index in [9.17, 15) is 4.79 Å². The van der Waals surface area contributed by atoms with Crippen LogP contribution in [0.3, 0.4) is 0 Å². The Morgan fingerprint density at radius 1 is 1.40 bits per heavy atom. The second-order valence-corrected chi connectivity index (χ2v) is 5.89. The van der Waals surface area contributed by atoms with E-state index in [0.717, 1.165) is 17.6 Å². The van der Waals surface area contributed by atoms with Crippen LogP contribution >= 0.6 is 15.9 Å². The minimum Gasteiger partial charge on any atom is -0.483 e. The summed E-state index contributed by atoms with van der Waals surface area (Å²) in [4.78, 5) is 11.3. The van der Waals surface area contributed by atoms with Crippen molar-refractivity contribution in [3.8, 4) is 5.75 Å². The van der Waals surface area contributed by atoms with Gasteiger partial charge in [-0.3, -0.25) is 4.79 Å². The molecule has 0 spiro atoms. The first kappa shape index (κ1) is 17.0. The molecule has 0 aliphatic carbocycles. The number of carbonyl (C=O) groups is 1. The second-order valence-electron chi connectivity index (χ2n) is 5.03. The summed E-state index contributed by atoms with van der Waals surface area (Å²) in [6, 6.07) is 5.90. The average molecular weight is 343 g/mol. The Kier molecular flexibility index (Phi) is 7.62. The molecule has 5 heteroatoms. The summed E-state index contributed by atoms with van der Waals surface area (Å²) >= 11 is 3.47. The molecule has 4 nitrogen and oxygen atoms in total. The van der Waals surface area contributed by atoms with Crippen LogP contribution in [0.15, 0.2) is 22.7 Å². The zero-order valence-corrected chi connectivity index (χ0v) is 13.9. The topological polar surface area (TPSA) is 50.4 Å². The summed E-state index contributed by atoms with van der Waals surface area (Å²) < 4.78 is 6.34. The first-order valence-corrected chi connectivity index (χ1v) is 7.70. The number of carbonyl (C=O) groups excluding carboxylic acids is 1. The zero-order chi connectivity index (χ0) is 15.0. The highest BCUT2D eigenvalue weighted by atomic mass is 79.9. The van der Waals surface area contributed by atoms with Gasteiger partial charge in [0, 0.05) is 13.1 Å². The van der Waals surface area contributed by atoms with Crippen LogP contribution < -0.4 is 15.4 Å². The van der Waals surface area contributed by atoms with Crippen LogP contribution in [-0.4, -0.2) is 25.6 Å². The minimum absolute atomic E-state index is 0.0391. The highest BCUT2D eigenvalue weighted by Crippen LogP contribution is 2.25. The zero-order valence-electron chi connectivity index (χ0n) is 12.3. The summed E-state index contributed by atoms with van der Waals surface area (Å²) in [5, 5.41) is 6.08. The number of halogens is 1. The summed E-state index contributed by atoms with van der Waals surface area (Å²) in [5.41, 5.74) is 1.18. The molecule has 0 aromatic heterocycles. The number of ether oxygens (including phenoxy) is 1. The van der Waals surface area contributed by atoms with Crippen LogP contribution in [0.4, 0.5) is 0 Å². The Hall–Kier alpha value is -1.07. The number of likely N-dealkylation sites (N-methyl/N-ethyl adjacent to an activating group) is 1. The van der Waals surface area contributed by atoms with E-state index >= 15 is 0 Å². The number of benzene rings is 1. The predicted molar refractivity (Wildman–Crippen MR) is 84.9 cm³/mol. The third-order valence-corrected chi connectivity index (χ3v) is 3.23. The molecule has 0 aliphatic heterocycles. The van der Waals surface area contributed by atoms with Gasteiger partial charge in [0.2, 0.25) is 0 Å². The van der Waals surface area contributed by atoms with Crippen molar-refractivity contribution in [2.75, 3.05) is 19.7 Å². The fourth-order valence-corrected chi connectivity index (χ4v) is 2.21. The maximum absolute atomic E-state index is 11.3. The van der Waals surface area contributed by atoms with Gasteiger partial charge in [-0.1, -0.05) is 19.9 Å². The Labute approximate surface area is 129 Å². The third kappa shape index (κ3) is 6.39. The fourth-order valence-electron chi connectivity index (χ4n) is 1.67. The van der Waals surface area contributed by atoms with E-state index in [-0.39, 0.29) is 12.5 Å². The van der Waals surface area contributed by atoms with Gasteiger partial charge in [0.1, 0.15) is 5.75 Å². The number of hydrogen-bond donors (Lipinski definition) is 2. The molecule has 0 heterocycles. The van der Waals surface area contributed by atoms with Gasteiger partial charge >= 0.3 is 0 Å². The Bertz CT molecular complexity index is 436. The van der Waals surface area contributed by atoms with Crippen molar-refractivity contribution < 1.29 is 9.53 Å². The van der Waals surface area contributed by atoms with Crippen LogP contribution in [-0.2, 0) is 11.3 Å². The van der Waals surface area contributed by atoms with E-state index in [4.69, 9.17) is 4.74 Å². The largest absolute Gasteiger partial charge is 0.483 e. The molecular formula is C15H23BrN2O2. The van der Waals surface area contributed by atoms with Gasteiger partial charge in [0.25, 0.3) is 5.91 Å². The van der Waals surface area contributed by atoms with Crippen LogP contribution in [0, 0.1) is 5.92 Å². The molecule has 112 valence electrons. The molecule has 1 aromatic rings. The van der Waals surface area contributed by atoms with Crippen LogP contribution in [0.5, 0.6) is 5.75 Å². The Morgan fingerprint density at radius 2 is 2.15 bits per heavy atom. The smallest absolute Gasteiger partial charge is 0.257 e. The molecule has 1 rings (SSSR count). The van der Waals surface area contributed by atoms with E-state index in [1.807, 2.05) is 25.1 Å². The molecule has 0 radical (unpaired) electrons. The van der Waals surface area contributed by atoms with Crippen molar-refractivity contribution in [3.63, 3.8) is 0 Å². The molecule has 2 N–H and O–H groups in total. The molecule has 0 saturated heterocycles. The lowest BCUT2D eigenvalue weighted by Gasteiger charge is -2.11. The van der Waals surface area contributed by atoms with Crippen LogP contribution in [0.25, 0.3) is 0 Å². The highest BCUT2D eigenvalue weighted by molar-refractivity contribution is 9.10. The summed E-state index contributed by atoms with van der Waals surface area (Å²) in [7, 11) is 0. The monoisotopic (exact) mass is 342 g/mol. The quantitative estimate of drug-likeness (QED) is 0.763. The third-order valence-electron chi connectivity index (χ3n) is 2.61. The fraction of sp³-hybridized carbons (Fsp3) is 0.533. The number of amides is 1. The Morgan fingerprint density at radius 3 is 2.75 bits per heavy atom. The van der Waals surface area contributed by atoms with E-state index in [2.05, 4.69) is 40.4 Å². The standard InChI is InChI=1S/C15H23BrN2O2/c1-4-18-15(19)10-20-14-6-5-12(7-13(14)16)9-17-8-11(2)3/h5-7,11,17H,4,8-10H2,1-3H3,(H,18,19). The molecule has 20 heavy (non-hydrogen) atoms. The van der Waals surface area contributed by atoms with E-state index in [0.29, 0.717) is 18.2 Å². The molecule has 0 saturated carbocycles. The van der Waals surface area contributed by atoms with Crippen molar-refractivity contribution >= 4 is 21.8 Å². The Balaban J connectivity index is 2.48. The molecular weight excluding hydrogens is 320 g/mol. The van der Waals surface area contributed by atoms with Gasteiger partial charge < -0.3 is 15.4 Å². The van der Waals surface area contributed by atoms with Crippen molar-refractivity contribution in [1.82, 2.24) is 10.6 Å².